The van der Waals surface area contributed by atoms with E-state index < -0.39 is 0 Å². The zero-order valence-electron chi connectivity index (χ0n) is 12.3. The lowest BCUT2D eigenvalue weighted by Gasteiger charge is -2.15. The van der Waals surface area contributed by atoms with Crippen LogP contribution in [-0.2, 0) is 18.9 Å². The summed E-state index contributed by atoms with van der Waals surface area (Å²) in [5.41, 5.74) is 2.14. The molecule has 0 saturated heterocycles. The topological polar surface area (TPSA) is 56.0 Å². The van der Waals surface area contributed by atoms with Gasteiger partial charge < -0.3 is 5.32 Å². The second-order valence-corrected chi connectivity index (χ2v) is 7.20. The number of carbonyl (C=O) groups excluding carboxylic acids is 1. The fourth-order valence-electron chi connectivity index (χ4n) is 2.12. The first-order valence-electron chi connectivity index (χ1n) is 6.54. The van der Waals surface area contributed by atoms with Gasteiger partial charge in [-0.1, -0.05) is 29.8 Å². The van der Waals surface area contributed by atoms with E-state index in [1.165, 1.54) is 0 Å². The number of aromatic nitrogens is 2. The van der Waals surface area contributed by atoms with E-state index in [1.54, 1.807) is 29.3 Å². The Labute approximate surface area is 139 Å². The van der Waals surface area contributed by atoms with Crippen LogP contribution in [0.5, 0.6) is 0 Å². The maximum atomic E-state index is 12.1. The Balaban J connectivity index is 2.46. The zero-order valence-corrected chi connectivity index (χ0v) is 15.4. The van der Waals surface area contributed by atoms with Crippen molar-refractivity contribution < 1.29 is 4.79 Å². The lowest BCUT2D eigenvalue weighted by Crippen LogP contribution is -2.27. The third-order valence-corrected chi connectivity index (χ3v) is 5.58. The molecule has 0 saturated carbocycles. The lowest BCUT2D eigenvalue weighted by atomic mass is 10.1. The molecule has 5 nitrogen and oxygen atoms in total. The van der Waals surface area contributed by atoms with E-state index in [0.717, 1.165) is 15.5 Å². The van der Waals surface area contributed by atoms with Crippen molar-refractivity contribution in [2.45, 2.75) is 18.7 Å². The molecule has 0 radical (unpaired) electrons. The van der Waals surface area contributed by atoms with E-state index in [0.29, 0.717) is 5.69 Å². The van der Waals surface area contributed by atoms with Crippen molar-refractivity contribution >= 4 is 54.5 Å². The number of rotatable bonds is 3. The summed E-state index contributed by atoms with van der Waals surface area (Å²) in [4.78, 5) is 23.8. The van der Waals surface area contributed by atoms with Crippen LogP contribution in [0.1, 0.15) is 13.8 Å². The van der Waals surface area contributed by atoms with Gasteiger partial charge in [-0.05, 0) is 34.0 Å². The van der Waals surface area contributed by atoms with E-state index in [9.17, 15) is 9.59 Å². The highest BCUT2D eigenvalue weighted by Crippen LogP contribution is 2.28. The van der Waals surface area contributed by atoms with Gasteiger partial charge in [0.05, 0.1) is 21.5 Å². The molecule has 0 aliphatic rings. The highest BCUT2D eigenvalue weighted by molar-refractivity contribution is 9.10. The maximum Gasteiger partial charge on any atom is 0.328 e. The molecule has 21 heavy (non-hydrogen) atoms. The maximum absolute atomic E-state index is 12.1. The second-order valence-electron chi connectivity index (χ2n) is 5.36. The molecule has 1 N–H and O–H groups in total. The number of hydrogen-bond donors (Lipinski definition) is 1. The van der Waals surface area contributed by atoms with Crippen LogP contribution in [0.25, 0.3) is 11.0 Å². The van der Waals surface area contributed by atoms with Crippen LogP contribution in [0, 0.1) is 5.92 Å². The Kier molecular flexibility index (Phi) is 4.63. The smallest absolute Gasteiger partial charge is 0.324 e. The quantitative estimate of drug-likeness (QED) is 0.779. The Morgan fingerprint density at radius 3 is 2.24 bits per heavy atom. The summed E-state index contributed by atoms with van der Waals surface area (Å²) in [6.07, 6.45) is 0. The largest absolute Gasteiger partial charge is 0.328 e. The molecule has 1 amide bonds. The van der Waals surface area contributed by atoms with E-state index in [2.05, 4.69) is 37.2 Å². The second kappa shape index (κ2) is 5.96. The molecule has 0 aliphatic carbocycles. The molecular formula is C14H17Br2N3O2. The van der Waals surface area contributed by atoms with Crippen LogP contribution >= 0.6 is 31.9 Å². The summed E-state index contributed by atoms with van der Waals surface area (Å²) < 4.78 is 3.88. The zero-order chi connectivity index (χ0) is 15.9. The SMILES string of the molecule is CC(C)[C@@H](Br)C(=O)Nc1cc2c(cc1Br)n(C)c(=O)n2C. The molecule has 2 aromatic rings. The van der Waals surface area contributed by atoms with E-state index in [4.69, 9.17) is 0 Å². The van der Waals surface area contributed by atoms with E-state index in [1.807, 2.05) is 19.9 Å². The van der Waals surface area contributed by atoms with Gasteiger partial charge in [0.2, 0.25) is 5.91 Å². The van der Waals surface area contributed by atoms with Crippen LogP contribution in [0.4, 0.5) is 5.69 Å². The van der Waals surface area contributed by atoms with Crippen LogP contribution in [-0.4, -0.2) is 19.9 Å². The Morgan fingerprint density at radius 2 is 1.71 bits per heavy atom. The number of amides is 1. The Morgan fingerprint density at radius 1 is 1.19 bits per heavy atom. The number of benzene rings is 1. The molecule has 0 spiro atoms. The predicted octanol–water partition coefficient (Wildman–Crippen LogP) is 3.00. The molecule has 2 rings (SSSR count). The molecule has 1 heterocycles. The van der Waals surface area contributed by atoms with Crippen molar-refractivity contribution in [1.82, 2.24) is 9.13 Å². The highest BCUT2D eigenvalue weighted by atomic mass is 79.9. The Bertz CT molecular complexity index is 762. The number of carbonyl (C=O) groups is 1. The molecule has 0 bridgehead atoms. The number of nitrogens with zero attached hydrogens (tertiary/aromatic N) is 2. The number of halogens is 2. The molecule has 1 atom stereocenters. The van der Waals surface area contributed by atoms with Crippen LogP contribution in [0.3, 0.4) is 0 Å². The number of fused-ring (bicyclic) bond motifs is 1. The van der Waals surface area contributed by atoms with Gasteiger partial charge in [-0.25, -0.2) is 4.79 Å². The molecule has 0 fully saturated rings. The highest BCUT2D eigenvalue weighted by Gasteiger charge is 2.20. The van der Waals surface area contributed by atoms with Gasteiger partial charge >= 0.3 is 5.69 Å². The monoisotopic (exact) mass is 417 g/mol. The fourth-order valence-corrected chi connectivity index (χ4v) is 2.66. The Hall–Kier alpha value is -1.08. The van der Waals surface area contributed by atoms with Crippen molar-refractivity contribution in [3.05, 3.63) is 27.1 Å². The average molecular weight is 419 g/mol. The summed E-state index contributed by atoms with van der Waals surface area (Å²) in [7, 11) is 3.44. The van der Waals surface area contributed by atoms with Gasteiger partial charge in [-0.2, -0.15) is 0 Å². The fraction of sp³-hybridized carbons (Fsp3) is 0.429. The number of alkyl halides is 1. The van der Waals surface area contributed by atoms with E-state index in [-0.39, 0.29) is 22.3 Å². The summed E-state index contributed by atoms with van der Waals surface area (Å²) in [6, 6.07) is 3.64. The van der Waals surface area contributed by atoms with Gasteiger partial charge in [0.1, 0.15) is 0 Å². The number of hydrogen-bond acceptors (Lipinski definition) is 2. The minimum absolute atomic E-state index is 0.0964. The van der Waals surface area contributed by atoms with Crippen LogP contribution < -0.4 is 11.0 Å². The van der Waals surface area contributed by atoms with Gasteiger partial charge in [0.25, 0.3) is 0 Å². The molecular weight excluding hydrogens is 402 g/mol. The number of aryl methyl sites for hydroxylation is 2. The summed E-state index contributed by atoms with van der Waals surface area (Å²) in [5.74, 6) is 0.0829. The first-order valence-corrected chi connectivity index (χ1v) is 8.24. The van der Waals surface area contributed by atoms with Crippen LogP contribution in [0.15, 0.2) is 21.4 Å². The van der Waals surface area contributed by atoms with Crippen molar-refractivity contribution in [2.24, 2.45) is 20.0 Å². The number of nitrogens with one attached hydrogen (secondary N) is 1. The minimum Gasteiger partial charge on any atom is -0.324 e. The third kappa shape index (κ3) is 2.94. The van der Waals surface area contributed by atoms with Gasteiger partial charge in [0.15, 0.2) is 0 Å². The normalized spacial score (nSPS) is 12.9. The van der Waals surface area contributed by atoms with Crippen molar-refractivity contribution in [1.29, 1.82) is 0 Å². The summed E-state index contributed by atoms with van der Waals surface area (Å²) in [6.45, 7) is 3.94. The van der Waals surface area contributed by atoms with Gasteiger partial charge in [-0.15, -0.1) is 0 Å². The molecule has 7 heteroatoms. The van der Waals surface area contributed by atoms with Gasteiger partial charge in [-0.3, -0.25) is 13.9 Å². The lowest BCUT2D eigenvalue weighted by molar-refractivity contribution is -0.116. The molecule has 0 aliphatic heterocycles. The first-order chi connectivity index (χ1) is 9.73. The van der Waals surface area contributed by atoms with E-state index >= 15 is 0 Å². The van der Waals surface area contributed by atoms with Crippen LogP contribution in [0.2, 0.25) is 0 Å². The first kappa shape index (κ1) is 16.3. The molecule has 0 unspecified atom stereocenters. The van der Waals surface area contributed by atoms with Crippen molar-refractivity contribution in [2.75, 3.05) is 5.32 Å². The summed E-state index contributed by atoms with van der Waals surface area (Å²) in [5, 5.41) is 2.88. The van der Waals surface area contributed by atoms with Crippen molar-refractivity contribution in [3.8, 4) is 0 Å². The van der Waals surface area contributed by atoms with Gasteiger partial charge in [0, 0.05) is 18.6 Å². The molecule has 114 valence electrons. The summed E-state index contributed by atoms with van der Waals surface area (Å²) >= 11 is 6.83. The third-order valence-electron chi connectivity index (χ3n) is 3.45. The number of imidazole rings is 1. The average Bonchev–Trinajstić information content (AvgIpc) is 2.63. The minimum atomic E-state index is -0.264. The predicted molar refractivity (Wildman–Crippen MR) is 92.0 cm³/mol. The number of anilines is 1. The van der Waals surface area contributed by atoms with Crippen molar-refractivity contribution in [3.63, 3.8) is 0 Å². The molecule has 1 aromatic heterocycles. The molecule has 1 aromatic carbocycles. The standard InChI is InChI=1S/C14H17Br2N3O2/c1-7(2)12(16)13(20)17-9-6-11-10(5-8(9)15)18(3)14(21)19(11)4/h5-7,12H,1-4H3,(H,17,20)/t12-/m1/s1.